The molecule has 0 spiro atoms. The number of halogens is 2. The lowest BCUT2D eigenvalue weighted by Crippen LogP contribution is -2.38. The molecule has 0 bridgehead atoms. The summed E-state index contributed by atoms with van der Waals surface area (Å²) in [6.45, 7) is 0.0223. The van der Waals surface area contributed by atoms with Crippen molar-refractivity contribution in [2.75, 3.05) is 20.5 Å². The van der Waals surface area contributed by atoms with Crippen molar-refractivity contribution < 1.29 is 32.1 Å². The standard InChI is InChI=1S/C27H26Cl2NO7PS/c1-36-20-7-5-8-21(16-20)38(33,37-2)11-10-19-13-24(28)23(25(29)14-19)17-30-26(27(31)32)15-18-6-4-9-22(12-18)39(3,34)35/h4-9,12-14,16,26,30H,15,17H2,1-3H3,(H,31,32). The summed E-state index contributed by atoms with van der Waals surface area (Å²) in [7, 11) is -4.16. The Kier molecular flexibility index (Phi) is 10.2. The minimum absolute atomic E-state index is 0.0223. The summed E-state index contributed by atoms with van der Waals surface area (Å²) in [5.41, 5.74) is 4.06. The molecule has 0 radical (unpaired) electrons. The number of carboxylic acid groups (broad SMARTS) is 1. The van der Waals surface area contributed by atoms with Gasteiger partial charge in [0, 0.05) is 41.1 Å². The van der Waals surface area contributed by atoms with Crippen LogP contribution in [0.3, 0.4) is 0 Å². The molecule has 206 valence electrons. The third-order valence-corrected chi connectivity index (χ3v) is 9.39. The quantitative estimate of drug-likeness (QED) is 0.250. The highest BCUT2D eigenvalue weighted by Gasteiger charge is 2.23. The summed E-state index contributed by atoms with van der Waals surface area (Å²) in [6.07, 6.45) is 1.12. The lowest BCUT2D eigenvalue weighted by atomic mass is 10.1. The third-order valence-electron chi connectivity index (χ3n) is 5.73. The number of hydrogen-bond donors (Lipinski definition) is 2. The number of aliphatic carboxylic acids is 1. The Morgan fingerprint density at radius 2 is 1.74 bits per heavy atom. The monoisotopic (exact) mass is 609 g/mol. The molecule has 12 heteroatoms. The number of carbonyl (C=O) groups is 1. The summed E-state index contributed by atoms with van der Waals surface area (Å²) < 4.78 is 47.4. The second-order valence-corrected chi connectivity index (χ2v) is 13.5. The van der Waals surface area contributed by atoms with Gasteiger partial charge in [0.05, 0.1) is 17.3 Å². The average Bonchev–Trinajstić information content (AvgIpc) is 2.90. The first kappa shape index (κ1) is 30.7. The van der Waals surface area contributed by atoms with Crippen LogP contribution in [0.2, 0.25) is 10.0 Å². The van der Waals surface area contributed by atoms with Gasteiger partial charge >= 0.3 is 13.3 Å². The van der Waals surface area contributed by atoms with Crippen LogP contribution in [0, 0.1) is 11.6 Å². The maximum absolute atomic E-state index is 13.3. The maximum Gasteiger partial charge on any atom is 0.321 e. The first-order chi connectivity index (χ1) is 18.4. The zero-order chi connectivity index (χ0) is 28.8. The molecule has 0 aliphatic carbocycles. The minimum Gasteiger partial charge on any atom is -0.497 e. The summed E-state index contributed by atoms with van der Waals surface area (Å²) in [4.78, 5) is 12.0. The van der Waals surface area contributed by atoms with E-state index in [-0.39, 0.29) is 27.9 Å². The molecule has 0 aliphatic rings. The number of hydrogen-bond acceptors (Lipinski definition) is 7. The van der Waals surface area contributed by atoms with Crippen LogP contribution >= 0.6 is 30.6 Å². The van der Waals surface area contributed by atoms with Crippen LogP contribution in [0.5, 0.6) is 5.75 Å². The Morgan fingerprint density at radius 1 is 1.08 bits per heavy atom. The molecule has 2 atom stereocenters. The summed E-state index contributed by atoms with van der Waals surface area (Å²) in [5.74, 6) is 2.19. The van der Waals surface area contributed by atoms with Crippen LogP contribution < -0.4 is 15.4 Å². The van der Waals surface area contributed by atoms with Crippen LogP contribution in [0.25, 0.3) is 0 Å². The largest absolute Gasteiger partial charge is 0.497 e. The van der Waals surface area contributed by atoms with Crippen molar-refractivity contribution in [2.45, 2.75) is 23.9 Å². The predicted molar refractivity (Wildman–Crippen MR) is 152 cm³/mol. The van der Waals surface area contributed by atoms with Gasteiger partial charge < -0.3 is 14.4 Å². The highest BCUT2D eigenvalue weighted by molar-refractivity contribution is 7.90. The number of methoxy groups -OCH3 is 1. The molecule has 0 saturated heterocycles. The molecule has 2 unspecified atom stereocenters. The van der Waals surface area contributed by atoms with E-state index in [1.54, 1.807) is 36.4 Å². The van der Waals surface area contributed by atoms with Gasteiger partial charge in [0.25, 0.3) is 0 Å². The molecular formula is C27H26Cl2NO7PS. The van der Waals surface area contributed by atoms with E-state index in [4.69, 9.17) is 32.5 Å². The molecule has 2 N–H and O–H groups in total. The van der Waals surface area contributed by atoms with Crippen LogP contribution in [0.15, 0.2) is 65.6 Å². The van der Waals surface area contributed by atoms with Gasteiger partial charge in [-0.05, 0) is 60.1 Å². The average molecular weight is 610 g/mol. The van der Waals surface area contributed by atoms with Gasteiger partial charge in [-0.3, -0.25) is 14.7 Å². The van der Waals surface area contributed by atoms with Crippen LogP contribution in [-0.4, -0.2) is 46.0 Å². The smallest absolute Gasteiger partial charge is 0.321 e. The zero-order valence-electron chi connectivity index (χ0n) is 21.3. The summed E-state index contributed by atoms with van der Waals surface area (Å²) in [6, 6.07) is 14.8. The molecule has 0 aromatic heterocycles. The highest BCUT2D eigenvalue weighted by atomic mass is 35.5. The normalized spacial score (nSPS) is 13.6. The summed E-state index contributed by atoms with van der Waals surface area (Å²) >= 11 is 12.9. The van der Waals surface area contributed by atoms with Gasteiger partial charge in [-0.15, -0.1) is 0 Å². The minimum atomic E-state index is -3.53. The van der Waals surface area contributed by atoms with E-state index in [9.17, 15) is 22.9 Å². The van der Waals surface area contributed by atoms with E-state index in [2.05, 4.69) is 16.9 Å². The van der Waals surface area contributed by atoms with E-state index in [0.717, 1.165) is 6.26 Å². The number of carboxylic acids is 1. The first-order valence-electron chi connectivity index (χ1n) is 11.4. The van der Waals surface area contributed by atoms with Gasteiger partial charge in [-0.25, -0.2) is 8.42 Å². The second kappa shape index (κ2) is 13.0. The number of benzene rings is 3. The maximum atomic E-state index is 13.3. The van der Waals surface area contributed by atoms with Gasteiger partial charge in [0.1, 0.15) is 11.8 Å². The van der Waals surface area contributed by atoms with Crippen molar-refractivity contribution in [2.24, 2.45) is 0 Å². The fourth-order valence-electron chi connectivity index (χ4n) is 3.60. The van der Waals surface area contributed by atoms with E-state index >= 15 is 0 Å². The molecule has 0 aliphatic heterocycles. The van der Waals surface area contributed by atoms with Crippen molar-refractivity contribution in [1.82, 2.24) is 5.32 Å². The molecule has 0 amide bonds. The van der Waals surface area contributed by atoms with Crippen molar-refractivity contribution in [3.8, 4) is 17.3 Å². The second-order valence-electron chi connectivity index (χ2n) is 8.49. The Morgan fingerprint density at radius 3 is 2.33 bits per heavy atom. The Labute approximate surface area is 237 Å². The van der Waals surface area contributed by atoms with Crippen LogP contribution in [0.4, 0.5) is 0 Å². The van der Waals surface area contributed by atoms with Crippen molar-refractivity contribution >= 4 is 51.7 Å². The Hall–Kier alpha value is -2.83. The first-order valence-corrected chi connectivity index (χ1v) is 15.7. The highest BCUT2D eigenvalue weighted by Crippen LogP contribution is 2.44. The molecule has 0 fully saturated rings. The fourth-order valence-corrected chi connectivity index (χ4v) is 6.20. The van der Waals surface area contributed by atoms with E-state index in [0.29, 0.717) is 27.7 Å². The SMILES string of the molecule is COc1cccc(P(=O)(C#Cc2cc(Cl)c(CNC(Cc3cccc(S(C)(=O)=O)c3)C(=O)O)c(Cl)c2)OC)c1. The fraction of sp³-hybridized carbons (Fsp3) is 0.222. The van der Waals surface area contributed by atoms with Crippen molar-refractivity contribution in [1.29, 1.82) is 0 Å². The predicted octanol–water partition coefficient (Wildman–Crippen LogP) is 4.75. The lowest BCUT2D eigenvalue weighted by molar-refractivity contribution is -0.139. The van der Waals surface area contributed by atoms with Gasteiger partial charge in [-0.2, -0.15) is 0 Å². The van der Waals surface area contributed by atoms with Crippen molar-refractivity contribution in [3.63, 3.8) is 0 Å². The Balaban J connectivity index is 1.80. The number of sulfone groups is 1. The van der Waals surface area contributed by atoms with Crippen LogP contribution in [0.1, 0.15) is 16.7 Å². The summed E-state index contributed by atoms with van der Waals surface area (Å²) in [5, 5.41) is 13.5. The Bertz CT molecular complexity index is 1580. The number of rotatable bonds is 10. The molecular weight excluding hydrogens is 584 g/mol. The molecule has 3 rings (SSSR count). The number of nitrogens with one attached hydrogen (secondary N) is 1. The topological polar surface area (TPSA) is 119 Å². The molecule has 39 heavy (non-hydrogen) atoms. The van der Waals surface area contributed by atoms with Gasteiger partial charge in [0.15, 0.2) is 9.84 Å². The number of ether oxygens (including phenoxy) is 1. The van der Waals surface area contributed by atoms with E-state index < -0.39 is 29.2 Å². The van der Waals surface area contributed by atoms with E-state index in [1.807, 2.05) is 0 Å². The van der Waals surface area contributed by atoms with Crippen LogP contribution in [-0.2, 0) is 36.7 Å². The van der Waals surface area contributed by atoms with Gasteiger partial charge in [-0.1, -0.05) is 47.3 Å². The molecule has 3 aromatic carbocycles. The van der Waals surface area contributed by atoms with Gasteiger partial charge in [0.2, 0.25) is 0 Å². The van der Waals surface area contributed by atoms with E-state index in [1.165, 1.54) is 38.5 Å². The van der Waals surface area contributed by atoms with Crippen molar-refractivity contribution in [3.05, 3.63) is 87.4 Å². The molecule has 0 saturated carbocycles. The molecule has 0 heterocycles. The molecule has 3 aromatic rings. The third kappa shape index (κ3) is 8.09. The zero-order valence-corrected chi connectivity index (χ0v) is 24.5. The molecule has 8 nitrogen and oxygen atoms in total. The lowest BCUT2D eigenvalue weighted by Gasteiger charge is -2.16.